The average Bonchev–Trinajstić information content (AvgIpc) is 2.90. The third-order valence-electron chi connectivity index (χ3n) is 3.95. The minimum absolute atomic E-state index is 0.155. The minimum atomic E-state index is -4.77. The molecule has 23 heavy (non-hydrogen) atoms. The lowest BCUT2D eigenvalue weighted by Crippen LogP contribution is -2.55. The van der Waals surface area contributed by atoms with Crippen molar-refractivity contribution in [3.05, 3.63) is 23.9 Å². The number of nitrogens with one attached hydrogen (secondary N) is 2. The van der Waals surface area contributed by atoms with Gasteiger partial charge in [0, 0.05) is 18.3 Å². The predicted octanol–water partition coefficient (Wildman–Crippen LogP) is 1.70. The van der Waals surface area contributed by atoms with Crippen molar-refractivity contribution in [2.45, 2.75) is 31.1 Å². The van der Waals surface area contributed by atoms with Gasteiger partial charge in [0.05, 0.1) is 5.54 Å². The standard InChI is InChI=1S/C13H18F3N5O2/c1-12(4-5-18-7-12)21(11(22)23)10(13(14,15)16)8-2-3-9(20-17)19-6-8/h2-3,6,10,18H,4-5,7,17H2,1H3,(H,19,20)(H,22,23)/t10-,12+/m0/s1. The van der Waals surface area contributed by atoms with Crippen LogP contribution in [-0.2, 0) is 0 Å². The molecule has 0 saturated carbocycles. The van der Waals surface area contributed by atoms with Crippen LogP contribution in [0.15, 0.2) is 18.3 Å². The van der Waals surface area contributed by atoms with E-state index in [0.717, 1.165) is 6.20 Å². The highest BCUT2D eigenvalue weighted by Gasteiger charge is 2.53. The van der Waals surface area contributed by atoms with Gasteiger partial charge in [0.1, 0.15) is 5.82 Å². The Morgan fingerprint density at radius 3 is 2.65 bits per heavy atom. The first kappa shape index (κ1) is 17.3. The van der Waals surface area contributed by atoms with Crippen molar-refractivity contribution in [3.63, 3.8) is 0 Å². The Labute approximate surface area is 130 Å². The van der Waals surface area contributed by atoms with Crippen molar-refractivity contribution in [1.29, 1.82) is 0 Å². The lowest BCUT2D eigenvalue weighted by molar-refractivity contribution is -0.192. The Bertz CT molecular complexity index is 558. The summed E-state index contributed by atoms with van der Waals surface area (Å²) in [4.78, 5) is 15.8. The molecule has 1 aromatic rings. The molecule has 1 aliphatic rings. The first-order chi connectivity index (χ1) is 10.7. The molecule has 1 fully saturated rings. The molecular weight excluding hydrogens is 315 g/mol. The van der Waals surface area contributed by atoms with E-state index in [1.165, 1.54) is 19.1 Å². The number of halogens is 3. The zero-order valence-electron chi connectivity index (χ0n) is 12.4. The topological polar surface area (TPSA) is 104 Å². The number of alkyl halides is 3. The Balaban J connectivity index is 2.48. The fraction of sp³-hybridized carbons (Fsp3) is 0.538. The van der Waals surface area contributed by atoms with Gasteiger partial charge in [-0.2, -0.15) is 13.2 Å². The SMILES string of the molecule is C[C@@]1(N(C(=O)O)[C@@H](c2ccc(NN)nc2)C(F)(F)F)CCNC1. The molecule has 0 unspecified atom stereocenters. The summed E-state index contributed by atoms with van der Waals surface area (Å²) in [5, 5.41) is 12.3. The lowest BCUT2D eigenvalue weighted by atomic mass is 9.94. The van der Waals surface area contributed by atoms with E-state index in [1.807, 2.05) is 0 Å². The van der Waals surface area contributed by atoms with E-state index in [4.69, 9.17) is 5.84 Å². The summed E-state index contributed by atoms with van der Waals surface area (Å²) >= 11 is 0. The second kappa shape index (κ2) is 6.20. The molecule has 5 N–H and O–H groups in total. The van der Waals surface area contributed by atoms with Crippen molar-refractivity contribution < 1.29 is 23.1 Å². The number of hydrazine groups is 1. The van der Waals surface area contributed by atoms with Crippen molar-refractivity contribution in [2.75, 3.05) is 18.5 Å². The summed E-state index contributed by atoms with van der Waals surface area (Å²) in [5.74, 6) is 5.33. The number of rotatable bonds is 4. The normalized spacial score (nSPS) is 22.7. The predicted molar refractivity (Wildman–Crippen MR) is 76.6 cm³/mol. The van der Waals surface area contributed by atoms with Gasteiger partial charge < -0.3 is 15.8 Å². The maximum atomic E-state index is 13.6. The average molecular weight is 333 g/mol. The zero-order valence-corrected chi connectivity index (χ0v) is 12.4. The van der Waals surface area contributed by atoms with Crippen molar-refractivity contribution >= 4 is 11.9 Å². The summed E-state index contributed by atoms with van der Waals surface area (Å²) in [6, 6.07) is 0.134. The smallest absolute Gasteiger partial charge is 0.413 e. The van der Waals surface area contributed by atoms with E-state index in [9.17, 15) is 23.1 Å². The third kappa shape index (κ3) is 3.48. The molecule has 0 aliphatic carbocycles. The number of anilines is 1. The van der Waals surface area contributed by atoms with Crippen molar-refractivity contribution in [3.8, 4) is 0 Å². The highest BCUT2D eigenvalue weighted by molar-refractivity contribution is 5.67. The molecule has 1 amide bonds. The molecule has 0 spiro atoms. The van der Waals surface area contributed by atoms with E-state index in [-0.39, 0.29) is 17.9 Å². The summed E-state index contributed by atoms with van der Waals surface area (Å²) in [6.45, 7) is 2.12. The number of hydrogen-bond acceptors (Lipinski definition) is 5. The van der Waals surface area contributed by atoms with Crippen LogP contribution in [0, 0.1) is 0 Å². The Morgan fingerprint density at radius 1 is 1.57 bits per heavy atom. The van der Waals surface area contributed by atoms with Crippen LogP contribution in [0.5, 0.6) is 0 Å². The third-order valence-corrected chi connectivity index (χ3v) is 3.95. The van der Waals surface area contributed by atoms with Gasteiger partial charge in [-0.15, -0.1) is 0 Å². The van der Waals surface area contributed by atoms with Gasteiger partial charge >= 0.3 is 12.3 Å². The number of hydrogen-bond donors (Lipinski definition) is 4. The first-order valence-corrected chi connectivity index (χ1v) is 6.91. The Kier molecular flexibility index (Phi) is 4.66. The van der Waals surface area contributed by atoms with Crippen LogP contribution in [0.25, 0.3) is 0 Å². The maximum Gasteiger partial charge on any atom is 0.413 e. The number of nitrogens with two attached hydrogens (primary N) is 1. The summed E-state index contributed by atoms with van der Waals surface area (Å²) in [7, 11) is 0. The second-order valence-electron chi connectivity index (χ2n) is 5.64. The van der Waals surface area contributed by atoms with Crippen molar-refractivity contribution in [1.82, 2.24) is 15.2 Å². The van der Waals surface area contributed by atoms with E-state index in [1.54, 1.807) is 0 Å². The van der Waals surface area contributed by atoms with Gasteiger partial charge in [-0.05, 0) is 26.0 Å². The highest BCUT2D eigenvalue weighted by atomic mass is 19.4. The summed E-state index contributed by atoms with van der Waals surface area (Å²) < 4.78 is 40.9. The van der Waals surface area contributed by atoms with Crippen LogP contribution in [-0.4, -0.2) is 45.9 Å². The number of amides is 1. The van der Waals surface area contributed by atoms with E-state index >= 15 is 0 Å². The lowest BCUT2D eigenvalue weighted by Gasteiger charge is -2.42. The number of pyridine rings is 1. The number of carboxylic acid groups (broad SMARTS) is 1. The summed E-state index contributed by atoms with van der Waals surface area (Å²) in [5.41, 5.74) is 0.801. The monoisotopic (exact) mass is 333 g/mol. The molecule has 0 aromatic carbocycles. The molecule has 0 bridgehead atoms. The summed E-state index contributed by atoms with van der Waals surface area (Å²) in [6.07, 6.45) is -5.13. The van der Waals surface area contributed by atoms with Gasteiger partial charge in [-0.25, -0.2) is 15.6 Å². The van der Waals surface area contributed by atoms with Crippen LogP contribution in [0.4, 0.5) is 23.8 Å². The van der Waals surface area contributed by atoms with E-state index < -0.39 is 23.9 Å². The fourth-order valence-electron chi connectivity index (χ4n) is 2.80. The molecule has 128 valence electrons. The van der Waals surface area contributed by atoms with Crippen LogP contribution in [0.2, 0.25) is 0 Å². The first-order valence-electron chi connectivity index (χ1n) is 6.91. The number of carbonyl (C=O) groups is 1. The molecular formula is C13H18F3N5O2. The Morgan fingerprint density at radius 2 is 2.26 bits per heavy atom. The highest BCUT2D eigenvalue weighted by Crippen LogP contribution is 2.42. The molecule has 1 saturated heterocycles. The molecule has 1 aromatic heterocycles. The fourth-order valence-corrected chi connectivity index (χ4v) is 2.80. The van der Waals surface area contributed by atoms with E-state index in [0.29, 0.717) is 17.9 Å². The maximum absolute atomic E-state index is 13.6. The largest absolute Gasteiger partial charge is 0.465 e. The number of nitrogen functional groups attached to an aromatic ring is 1. The molecule has 7 nitrogen and oxygen atoms in total. The molecule has 2 atom stereocenters. The Hall–Kier alpha value is -2.07. The second-order valence-corrected chi connectivity index (χ2v) is 5.64. The zero-order chi connectivity index (χ0) is 17.3. The van der Waals surface area contributed by atoms with Gasteiger partial charge in [0.2, 0.25) is 0 Å². The van der Waals surface area contributed by atoms with Crippen molar-refractivity contribution in [2.24, 2.45) is 5.84 Å². The minimum Gasteiger partial charge on any atom is -0.465 e. The van der Waals surface area contributed by atoms with Gasteiger partial charge in [-0.1, -0.05) is 6.07 Å². The van der Waals surface area contributed by atoms with Crippen LogP contribution in [0.3, 0.4) is 0 Å². The molecule has 0 radical (unpaired) electrons. The molecule has 2 heterocycles. The van der Waals surface area contributed by atoms with Crippen LogP contribution in [0.1, 0.15) is 24.9 Å². The molecule has 1 aliphatic heterocycles. The number of aromatic nitrogens is 1. The van der Waals surface area contributed by atoms with E-state index in [2.05, 4.69) is 15.7 Å². The number of nitrogens with zero attached hydrogens (tertiary/aromatic N) is 2. The molecule has 2 rings (SSSR count). The molecule has 10 heteroatoms. The van der Waals surface area contributed by atoms with Gasteiger partial charge in [-0.3, -0.25) is 4.90 Å². The van der Waals surface area contributed by atoms with Gasteiger partial charge in [0.15, 0.2) is 6.04 Å². The van der Waals surface area contributed by atoms with Crippen LogP contribution < -0.4 is 16.6 Å². The van der Waals surface area contributed by atoms with Gasteiger partial charge in [0.25, 0.3) is 0 Å². The van der Waals surface area contributed by atoms with Crippen LogP contribution >= 0.6 is 0 Å². The quantitative estimate of drug-likeness (QED) is 0.494.